The van der Waals surface area contributed by atoms with Gasteiger partial charge in [-0.05, 0) is 36.6 Å². The van der Waals surface area contributed by atoms with Crippen LogP contribution in [0.1, 0.15) is 40.5 Å². The quantitative estimate of drug-likeness (QED) is 0.757. The predicted molar refractivity (Wildman–Crippen MR) is 91.2 cm³/mol. The summed E-state index contributed by atoms with van der Waals surface area (Å²) in [7, 11) is 0. The Morgan fingerprint density at radius 1 is 1.25 bits per heavy atom. The van der Waals surface area contributed by atoms with Crippen LogP contribution < -0.4 is 11.1 Å². The van der Waals surface area contributed by atoms with E-state index in [-0.39, 0.29) is 24.3 Å². The van der Waals surface area contributed by atoms with Crippen molar-refractivity contribution in [3.05, 3.63) is 51.3 Å². The largest absolute Gasteiger partial charge is 0.364 e. The Balaban J connectivity index is 1.48. The van der Waals surface area contributed by atoms with Crippen molar-refractivity contribution < 1.29 is 9.59 Å². The van der Waals surface area contributed by atoms with Gasteiger partial charge in [0.05, 0.1) is 22.2 Å². The molecule has 24 heavy (non-hydrogen) atoms. The second-order valence-electron chi connectivity index (χ2n) is 5.93. The van der Waals surface area contributed by atoms with Crippen molar-refractivity contribution in [3.8, 4) is 0 Å². The first-order valence-electron chi connectivity index (χ1n) is 7.50. The molecular weight excluding hydrogens is 351 g/mol. The molecule has 0 radical (unpaired) electrons. The molecule has 0 unspecified atom stereocenters. The van der Waals surface area contributed by atoms with Crippen LogP contribution in [0.2, 0.25) is 10.0 Å². The molecular formula is C16H16Cl2N4O2. The van der Waals surface area contributed by atoms with Gasteiger partial charge >= 0.3 is 0 Å². The lowest BCUT2D eigenvalue weighted by Crippen LogP contribution is -2.44. The maximum Gasteiger partial charge on any atom is 0.266 e. The van der Waals surface area contributed by atoms with E-state index in [2.05, 4.69) is 15.5 Å². The molecule has 126 valence electrons. The third kappa shape index (κ3) is 3.71. The smallest absolute Gasteiger partial charge is 0.266 e. The molecule has 2 amide bonds. The van der Waals surface area contributed by atoms with Crippen LogP contribution >= 0.6 is 23.2 Å². The van der Waals surface area contributed by atoms with Crippen molar-refractivity contribution >= 4 is 35.0 Å². The number of benzene rings is 1. The first kappa shape index (κ1) is 16.8. The number of primary amides is 1. The van der Waals surface area contributed by atoms with Crippen LogP contribution in [-0.2, 0) is 11.2 Å². The topological polar surface area (TPSA) is 101 Å². The standard InChI is InChI=1S/C16H16Cl2N4O2/c17-11-2-1-8(3-12(11)18)4-15(23)20-10-5-9(6-10)13-7-14(16(19)24)22-21-13/h1-3,7,9-10H,4-6H2,(H2,19,24)(H,20,23)(H,21,22)/t9-,10+. The summed E-state index contributed by atoms with van der Waals surface area (Å²) in [6.07, 6.45) is 1.83. The molecule has 0 aliphatic heterocycles. The van der Waals surface area contributed by atoms with Crippen LogP contribution in [0.15, 0.2) is 24.3 Å². The van der Waals surface area contributed by atoms with Crippen LogP contribution in [0.3, 0.4) is 0 Å². The number of nitrogens with two attached hydrogens (primary N) is 1. The minimum atomic E-state index is -0.528. The average molecular weight is 367 g/mol. The summed E-state index contributed by atoms with van der Waals surface area (Å²) in [6.45, 7) is 0. The van der Waals surface area contributed by atoms with Gasteiger partial charge in [-0.1, -0.05) is 29.3 Å². The van der Waals surface area contributed by atoms with E-state index >= 15 is 0 Å². The molecule has 6 nitrogen and oxygen atoms in total. The first-order chi connectivity index (χ1) is 11.4. The van der Waals surface area contributed by atoms with Crippen molar-refractivity contribution in [3.63, 3.8) is 0 Å². The van der Waals surface area contributed by atoms with E-state index in [1.165, 1.54) is 0 Å². The van der Waals surface area contributed by atoms with Crippen LogP contribution in [-0.4, -0.2) is 28.1 Å². The molecule has 1 aromatic heterocycles. The Labute approximate surface area is 148 Å². The van der Waals surface area contributed by atoms with Gasteiger partial charge in [-0.2, -0.15) is 5.10 Å². The number of aromatic amines is 1. The Morgan fingerprint density at radius 3 is 2.62 bits per heavy atom. The minimum absolute atomic E-state index is 0.0586. The third-order valence-corrected chi connectivity index (χ3v) is 4.87. The van der Waals surface area contributed by atoms with Gasteiger partial charge in [0.1, 0.15) is 5.69 Å². The summed E-state index contributed by atoms with van der Waals surface area (Å²) >= 11 is 11.8. The van der Waals surface area contributed by atoms with Crippen molar-refractivity contribution in [1.29, 1.82) is 0 Å². The van der Waals surface area contributed by atoms with Gasteiger partial charge in [0.15, 0.2) is 0 Å². The number of H-pyrrole nitrogens is 1. The van der Waals surface area contributed by atoms with E-state index in [0.717, 1.165) is 24.1 Å². The summed E-state index contributed by atoms with van der Waals surface area (Å²) in [6, 6.07) is 6.94. The highest BCUT2D eigenvalue weighted by atomic mass is 35.5. The van der Waals surface area contributed by atoms with Gasteiger partial charge in [-0.3, -0.25) is 14.7 Å². The Bertz CT molecular complexity index is 784. The number of hydrogen-bond acceptors (Lipinski definition) is 3. The minimum Gasteiger partial charge on any atom is -0.364 e. The number of aromatic nitrogens is 2. The number of carbonyl (C=O) groups is 2. The summed E-state index contributed by atoms with van der Waals surface area (Å²) in [4.78, 5) is 23.1. The maximum absolute atomic E-state index is 12.1. The lowest BCUT2D eigenvalue weighted by Gasteiger charge is -2.34. The summed E-state index contributed by atoms with van der Waals surface area (Å²) in [5.41, 5.74) is 7.11. The van der Waals surface area contributed by atoms with Crippen molar-refractivity contribution in [2.75, 3.05) is 0 Å². The number of amides is 2. The van der Waals surface area contributed by atoms with Crippen LogP contribution in [0.4, 0.5) is 0 Å². The Hall–Kier alpha value is -2.05. The first-order valence-corrected chi connectivity index (χ1v) is 8.26. The van der Waals surface area contributed by atoms with Gasteiger partial charge in [0.2, 0.25) is 5.91 Å². The highest BCUT2D eigenvalue weighted by Gasteiger charge is 2.33. The summed E-state index contributed by atoms with van der Waals surface area (Å²) in [5.74, 6) is -0.360. The van der Waals surface area contributed by atoms with E-state index in [1.54, 1.807) is 24.3 Å². The van der Waals surface area contributed by atoms with Crippen molar-refractivity contribution in [2.45, 2.75) is 31.2 Å². The number of rotatable bonds is 5. The van der Waals surface area contributed by atoms with Gasteiger partial charge in [-0.25, -0.2) is 0 Å². The molecule has 3 rings (SSSR count). The van der Waals surface area contributed by atoms with E-state index in [0.29, 0.717) is 15.7 Å². The van der Waals surface area contributed by atoms with Gasteiger partial charge < -0.3 is 11.1 Å². The number of halogens is 2. The van der Waals surface area contributed by atoms with Crippen molar-refractivity contribution in [1.82, 2.24) is 15.5 Å². The second kappa shape index (κ2) is 6.83. The average Bonchev–Trinajstić information content (AvgIpc) is 2.96. The Morgan fingerprint density at radius 2 is 2.00 bits per heavy atom. The molecule has 1 heterocycles. The number of nitrogens with zero attached hydrogens (tertiary/aromatic N) is 1. The molecule has 0 saturated heterocycles. The molecule has 0 spiro atoms. The molecule has 0 atom stereocenters. The molecule has 1 aromatic carbocycles. The molecule has 1 aliphatic carbocycles. The molecule has 8 heteroatoms. The molecule has 1 saturated carbocycles. The van der Waals surface area contributed by atoms with Gasteiger partial charge in [-0.15, -0.1) is 0 Å². The fourth-order valence-corrected chi connectivity index (χ4v) is 3.08. The highest BCUT2D eigenvalue weighted by molar-refractivity contribution is 6.42. The molecule has 4 N–H and O–H groups in total. The number of nitrogens with one attached hydrogen (secondary N) is 2. The summed E-state index contributed by atoms with van der Waals surface area (Å²) in [5, 5.41) is 10.6. The lowest BCUT2D eigenvalue weighted by atomic mass is 9.78. The van der Waals surface area contributed by atoms with E-state index < -0.39 is 5.91 Å². The zero-order valence-electron chi connectivity index (χ0n) is 12.7. The zero-order valence-corrected chi connectivity index (χ0v) is 14.2. The molecule has 2 aromatic rings. The van der Waals surface area contributed by atoms with E-state index in [4.69, 9.17) is 28.9 Å². The molecule has 1 aliphatic rings. The third-order valence-electron chi connectivity index (χ3n) is 4.13. The maximum atomic E-state index is 12.1. The lowest BCUT2D eigenvalue weighted by molar-refractivity contribution is -0.121. The van der Waals surface area contributed by atoms with Gasteiger partial charge in [0, 0.05) is 12.0 Å². The van der Waals surface area contributed by atoms with Crippen LogP contribution in [0.5, 0.6) is 0 Å². The Kier molecular flexibility index (Phi) is 4.78. The normalized spacial score (nSPS) is 19.6. The van der Waals surface area contributed by atoms with E-state index in [9.17, 15) is 9.59 Å². The van der Waals surface area contributed by atoms with E-state index in [1.807, 2.05) is 0 Å². The predicted octanol–water partition coefficient (Wildman–Crippen LogP) is 2.42. The number of carbonyl (C=O) groups excluding carboxylic acids is 2. The van der Waals surface area contributed by atoms with Crippen LogP contribution in [0, 0.1) is 0 Å². The highest BCUT2D eigenvalue weighted by Crippen LogP contribution is 2.36. The second-order valence-corrected chi connectivity index (χ2v) is 6.74. The fraction of sp³-hybridized carbons (Fsp3) is 0.312. The van der Waals surface area contributed by atoms with Crippen molar-refractivity contribution in [2.24, 2.45) is 5.73 Å². The SMILES string of the molecule is NC(=O)c1cc([C@H]2C[C@@H](NC(=O)Cc3ccc(Cl)c(Cl)c3)C2)n[nH]1. The summed E-state index contributed by atoms with van der Waals surface area (Å²) < 4.78 is 0. The molecule has 1 fully saturated rings. The zero-order chi connectivity index (χ0) is 17.3. The number of hydrogen-bond donors (Lipinski definition) is 3. The monoisotopic (exact) mass is 366 g/mol. The molecule has 0 bridgehead atoms. The van der Waals surface area contributed by atoms with Crippen LogP contribution in [0.25, 0.3) is 0 Å². The fourth-order valence-electron chi connectivity index (χ4n) is 2.76. The van der Waals surface area contributed by atoms with Gasteiger partial charge in [0.25, 0.3) is 5.91 Å².